The second-order valence-corrected chi connectivity index (χ2v) is 9.14. The van der Waals surface area contributed by atoms with Gasteiger partial charge in [-0.25, -0.2) is 13.2 Å². The number of halogens is 3. The average molecular weight is 405 g/mol. The Morgan fingerprint density at radius 1 is 0.931 bits per heavy atom. The van der Waals surface area contributed by atoms with Crippen LogP contribution in [0.5, 0.6) is 5.75 Å². The zero-order valence-electron chi connectivity index (χ0n) is 17.4. The van der Waals surface area contributed by atoms with Gasteiger partial charge in [-0.2, -0.15) is 0 Å². The fourth-order valence-corrected chi connectivity index (χ4v) is 5.90. The molecule has 29 heavy (non-hydrogen) atoms. The second kappa shape index (κ2) is 8.57. The molecule has 0 aromatic heterocycles. The predicted octanol–water partition coefficient (Wildman–Crippen LogP) is 7.76. The van der Waals surface area contributed by atoms with Gasteiger partial charge in [-0.05, 0) is 73.3 Å². The SMILES string of the molecule is CCCCC1CCC2C[C@H](c3c(F)cc4cc(OC)cc(F)c4c3F)CC[C@@H]2C1. The van der Waals surface area contributed by atoms with Crippen LogP contribution in [-0.2, 0) is 0 Å². The molecule has 2 saturated carbocycles. The van der Waals surface area contributed by atoms with E-state index in [4.69, 9.17) is 4.74 Å². The van der Waals surface area contributed by atoms with E-state index in [2.05, 4.69) is 6.92 Å². The van der Waals surface area contributed by atoms with Gasteiger partial charge in [0.1, 0.15) is 23.2 Å². The maximum Gasteiger partial charge on any atom is 0.140 e. The molecule has 4 heteroatoms. The highest BCUT2D eigenvalue weighted by molar-refractivity contribution is 5.86. The van der Waals surface area contributed by atoms with Gasteiger partial charge in [0.25, 0.3) is 0 Å². The summed E-state index contributed by atoms with van der Waals surface area (Å²) in [6, 6.07) is 3.93. The zero-order chi connectivity index (χ0) is 20.5. The summed E-state index contributed by atoms with van der Waals surface area (Å²) in [6.07, 6.45) is 10.2. The Labute approximate surface area is 171 Å². The van der Waals surface area contributed by atoms with E-state index in [9.17, 15) is 8.78 Å². The lowest BCUT2D eigenvalue weighted by Gasteiger charge is -2.42. The molecule has 4 rings (SSSR count). The minimum Gasteiger partial charge on any atom is -0.497 e. The first-order valence-electron chi connectivity index (χ1n) is 11.2. The van der Waals surface area contributed by atoms with E-state index in [1.807, 2.05) is 0 Å². The molecule has 0 N–H and O–H groups in total. The van der Waals surface area contributed by atoms with E-state index in [1.165, 1.54) is 57.4 Å². The van der Waals surface area contributed by atoms with Crippen LogP contribution >= 0.6 is 0 Å². The van der Waals surface area contributed by atoms with Crippen molar-refractivity contribution in [1.29, 1.82) is 0 Å². The Bertz CT molecular complexity index is 878. The maximum absolute atomic E-state index is 15.3. The van der Waals surface area contributed by atoms with Crippen LogP contribution in [0.25, 0.3) is 10.8 Å². The first kappa shape index (κ1) is 20.6. The topological polar surface area (TPSA) is 9.23 Å². The Kier molecular flexibility index (Phi) is 6.08. The lowest BCUT2D eigenvalue weighted by molar-refractivity contribution is 0.112. The Hall–Kier alpha value is -1.71. The van der Waals surface area contributed by atoms with Gasteiger partial charge in [0.2, 0.25) is 0 Å². The van der Waals surface area contributed by atoms with E-state index in [-0.39, 0.29) is 28.0 Å². The summed E-state index contributed by atoms with van der Waals surface area (Å²) in [5, 5.41) is 0.0957. The number of ether oxygens (including phenoxy) is 1. The molecule has 158 valence electrons. The third-order valence-electron chi connectivity index (χ3n) is 7.42. The molecule has 2 aliphatic carbocycles. The largest absolute Gasteiger partial charge is 0.497 e. The summed E-state index contributed by atoms with van der Waals surface area (Å²) < 4.78 is 49.9. The van der Waals surface area contributed by atoms with E-state index in [0.717, 1.165) is 31.6 Å². The fraction of sp³-hybridized carbons (Fsp3) is 0.600. The molecule has 2 aromatic rings. The van der Waals surface area contributed by atoms with Gasteiger partial charge in [0.05, 0.1) is 12.5 Å². The number of methoxy groups -OCH3 is 1. The van der Waals surface area contributed by atoms with Gasteiger partial charge in [0.15, 0.2) is 0 Å². The van der Waals surface area contributed by atoms with Crippen molar-refractivity contribution in [3.8, 4) is 5.75 Å². The smallest absolute Gasteiger partial charge is 0.140 e. The number of hydrogen-bond donors (Lipinski definition) is 0. The molecule has 0 radical (unpaired) electrons. The summed E-state index contributed by atoms with van der Waals surface area (Å²) in [4.78, 5) is 0. The average Bonchev–Trinajstić information content (AvgIpc) is 2.71. The van der Waals surface area contributed by atoms with Gasteiger partial charge in [-0.15, -0.1) is 0 Å². The van der Waals surface area contributed by atoms with Crippen LogP contribution in [0, 0.1) is 35.2 Å². The fourth-order valence-electron chi connectivity index (χ4n) is 5.90. The minimum atomic E-state index is -0.722. The predicted molar refractivity (Wildman–Crippen MR) is 111 cm³/mol. The van der Waals surface area contributed by atoms with Crippen molar-refractivity contribution in [2.45, 2.75) is 70.6 Å². The molecule has 0 spiro atoms. The first-order chi connectivity index (χ1) is 14.0. The van der Waals surface area contributed by atoms with Gasteiger partial charge in [0, 0.05) is 11.6 Å². The van der Waals surface area contributed by atoms with Crippen molar-refractivity contribution in [3.63, 3.8) is 0 Å². The molecular formula is C25H31F3O. The molecule has 2 aliphatic rings. The van der Waals surface area contributed by atoms with Crippen molar-refractivity contribution in [2.75, 3.05) is 7.11 Å². The molecular weight excluding hydrogens is 373 g/mol. The first-order valence-corrected chi connectivity index (χ1v) is 11.2. The lowest BCUT2D eigenvalue weighted by Crippen LogP contribution is -2.31. The third kappa shape index (κ3) is 4.00. The van der Waals surface area contributed by atoms with Crippen LogP contribution in [-0.4, -0.2) is 7.11 Å². The highest BCUT2D eigenvalue weighted by Crippen LogP contribution is 2.49. The van der Waals surface area contributed by atoms with Crippen molar-refractivity contribution in [1.82, 2.24) is 0 Å². The molecule has 4 atom stereocenters. The minimum absolute atomic E-state index is 0.0909. The van der Waals surface area contributed by atoms with Crippen LogP contribution in [0.3, 0.4) is 0 Å². The van der Waals surface area contributed by atoms with E-state index < -0.39 is 17.5 Å². The van der Waals surface area contributed by atoms with Gasteiger partial charge in [-0.1, -0.05) is 32.6 Å². The molecule has 0 heterocycles. The highest BCUT2D eigenvalue weighted by atomic mass is 19.1. The standard InChI is InChI=1S/C25H31F3O/c1-3-4-5-15-6-7-17-11-18(9-8-16(17)10-15)23-21(26)13-19-12-20(29-2)14-22(27)24(19)25(23)28/h12-18H,3-11H2,1-2H3/t15?,16-,17?,18-/m1/s1. The van der Waals surface area contributed by atoms with Gasteiger partial charge >= 0.3 is 0 Å². The Morgan fingerprint density at radius 2 is 1.69 bits per heavy atom. The summed E-state index contributed by atoms with van der Waals surface area (Å²) in [7, 11) is 1.41. The maximum atomic E-state index is 15.3. The number of benzene rings is 2. The summed E-state index contributed by atoms with van der Waals surface area (Å²) >= 11 is 0. The van der Waals surface area contributed by atoms with Crippen LogP contribution in [0.15, 0.2) is 18.2 Å². The van der Waals surface area contributed by atoms with Crippen molar-refractivity contribution in [3.05, 3.63) is 41.2 Å². The summed E-state index contributed by atoms with van der Waals surface area (Å²) in [6.45, 7) is 2.24. The molecule has 0 saturated heterocycles. The normalized spacial score (nSPS) is 27.1. The highest BCUT2D eigenvalue weighted by Gasteiger charge is 2.37. The molecule has 2 unspecified atom stereocenters. The summed E-state index contributed by atoms with van der Waals surface area (Å²) in [5.74, 6) is 0.199. The number of unbranched alkanes of at least 4 members (excludes halogenated alkanes) is 1. The third-order valence-corrected chi connectivity index (χ3v) is 7.42. The van der Waals surface area contributed by atoms with Crippen LogP contribution in [0.2, 0.25) is 0 Å². The van der Waals surface area contributed by atoms with Crippen LogP contribution < -0.4 is 4.74 Å². The Morgan fingerprint density at radius 3 is 2.45 bits per heavy atom. The monoisotopic (exact) mass is 404 g/mol. The molecule has 0 bridgehead atoms. The van der Waals surface area contributed by atoms with E-state index in [1.54, 1.807) is 0 Å². The van der Waals surface area contributed by atoms with Crippen molar-refractivity contribution < 1.29 is 17.9 Å². The molecule has 2 fully saturated rings. The number of rotatable bonds is 5. The summed E-state index contributed by atoms with van der Waals surface area (Å²) in [5.41, 5.74) is 0.0909. The van der Waals surface area contributed by atoms with Crippen LogP contribution in [0.4, 0.5) is 13.2 Å². The number of fused-ring (bicyclic) bond motifs is 2. The zero-order valence-corrected chi connectivity index (χ0v) is 17.4. The Balaban J connectivity index is 1.58. The van der Waals surface area contributed by atoms with Gasteiger partial charge in [-0.3, -0.25) is 0 Å². The van der Waals surface area contributed by atoms with Crippen LogP contribution in [0.1, 0.15) is 76.2 Å². The van der Waals surface area contributed by atoms with Gasteiger partial charge < -0.3 is 4.74 Å². The van der Waals surface area contributed by atoms with Crippen molar-refractivity contribution in [2.24, 2.45) is 17.8 Å². The van der Waals surface area contributed by atoms with Crippen molar-refractivity contribution >= 4 is 10.8 Å². The van der Waals surface area contributed by atoms with E-state index >= 15 is 4.39 Å². The lowest BCUT2D eigenvalue weighted by atomic mass is 9.63. The number of hydrogen-bond acceptors (Lipinski definition) is 1. The second-order valence-electron chi connectivity index (χ2n) is 9.14. The molecule has 2 aromatic carbocycles. The quantitative estimate of drug-likeness (QED) is 0.495. The molecule has 1 nitrogen and oxygen atoms in total. The molecule has 0 amide bonds. The molecule has 0 aliphatic heterocycles. The van der Waals surface area contributed by atoms with E-state index in [0.29, 0.717) is 11.8 Å².